The fraction of sp³-hybridized carbons (Fsp3) is 0.381. The summed E-state index contributed by atoms with van der Waals surface area (Å²) >= 11 is 0. The molecule has 0 radical (unpaired) electrons. The number of rotatable bonds is 6. The van der Waals surface area contributed by atoms with E-state index >= 15 is 0 Å². The zero-order valence-electron chi connectivity index (χ0n) is 16.1. The molecule has 6 heteroatoms. The van der Waals surface area contributed by atoms with Gasteiger partial charge in [-0.05, 0) is 29.8 Å². The molecule has 1 aliphatic heterocycles. The molecule has 6 nitrogen and oxygen atoms in total. The van der Waals surface area contributed by atoms with Crippen LogP contribution >= 0.6 is 0 Å². The van der Waals surface area contributed by atoms with E-state index in [1.165, 1.54) is 0 Å². The van der Waals surface area contributed by atoms with Gasteiger partial charge in [-0.3, -0.25) is 4.79 Å². The van der Waals surface area contributed by atoms with E-state index in [-0.39, 0.29) is 5.91 Å². The topological polar surface area (TPSA) is 51.2 Å². The van der Waals surface area contributed by atoms with Gasteiger partial charge in [-0.25, -0.2) is 0 Å². The van der Waals surface area contributed by atoms with Crippen LogP contribution in [0.25, 0.3) is 0 Å². The molecule has 0 bridgehead atoms. The number of nitrogens with zero attached hydrogens (tertiary/aromatic N) is 2. The molecule has 0 aromatic heterocycles. The highest BCUT2D eigenvalue weighted by molar-refractivity contribution is 5.79. The molecule has 0 unspecified atom stereocenters. The number of anilines is 1. The smallest absolute Gasteiger partial charge is 0.227 e. The molecule has 0 saturated carbocycles. The Kier molecular flexibility index (Phi) is 6.06. The third-order valence-corrected chi connectivity index (χ3v) is 4.87. The quantitative estimate of drug-likeness (QED) is 0.782. The Morgan fingerprint density at radius 3 is 2.07 bits per heavy atom. The summed E-state index contributed by atoms with van der Waals surface area (Å²) in [5.74, 6) is 2.51. The number of carbonyl (C=O) groups is 1. The molecule has 1 saturated heterocycles. The molecule has 0 atom stereocenters. The molecule has 0 aliphatic carbocycles. The Balaban J connectivity index is 1.58. The fourth-order valence-electron chi connectivity index (χ4n) is 3.27. The van der Waals surface area contributed by atoms with Crippen LogP contribution in [0.1, 0.15) is 5.56 Å². The van der Waals surface area contributed by atoms with Crippen molar-refractivity contribution in [3.63, 3.8) is 0 Å². The minimum atomic E-state index is 0.154. The first-order valence-electron chi connectivity index (χ1n) is 9.02. The first kappa shape index (κ1) is 18.9. The van der Waals surface area contributed by atoms with E-state index in [4.69, 9.17) is 14.2 Å². The minimum Gasteiger partial charge on any atom is -0.497 e. The van der Waals surface area contributed by atoms with E-state index < -0.39 is 0 Å². The van der Waals surface area contributed by atoms with Crippen LogP contribution in [0.15, 0.2) is 42.5 Å². The van der Waals surface area contributed by atoms with Crippen LogP contribution in [0, 0.1) is 0 Å². The second-order valence-corrected chi connectivity index (χ2v) is 6.43. The third-order valence-electron chi connectivity index (χ3n) is 4.87. The Hall–Kier alpha value is -2.89. The predicted octanol–water partition coefficient (Wildman–Crippen LogP) is 2.60. The highest BCUT2D eigenvalue weighted by Gasteiger charge is 2.23. The number of hydrogen-bond acceptors (Lipinski definition) is 5. The zero-order valence-corrected chi connectivity index (χ0v) is 16.1. The molecular weight excluding hydrogens is 344 g/mol. The summed E-state index contributed by atoms with van der Waals surface area (Å²) in [5, 5.41) is 0. The second-order valence-electron chi connectivity index (χ2n) is 6.43. The second kappa shape index (κ2) is 8.66. The van der Waals surface area contributed by atoms with Crippen molar-refractivity contribution in [2.75, 3.05) is 52.4 Å². The van der Waals surface area contributed by atoms with Gasteiger partial charge in [0.15, 0.2) is 0 Å². The number of hydrogen-bond donors (Lipinski definition) is 0. The van der Waals surface area contributed by atoms with Crippen molar-refractivity contribution in [1.29, 1.82) is 0 Å². The molecule has 2 aromatic carbocycles. The van der Waals surface area contributed by atoms with Gasteiger partial charge in [-0.15, -0.1) is 0 Å². The van der Waals surface area contributed by atoms with Crippen LogP contribution in [-0.2, 0) is 11.2 Å². The van der Waals surface area contributed by atoms with Crippen LogP contribution in [0.2, 0.25) is 0 Å². The molecule has 27 heavy (non-hydrogen) atoms. The monoisotopic (exact) mass is 370 g/mol. The number of benzene rings is 2. The molecule has 3 rings (SSSR count). The number of piperazine rings is 1. The lowest BCUT2D eigenvalue weighted by atomic mass is 10.1. The first-order chi connectivity index (χ1) is 13.1. The number of methoxy groups -OCH3 is 3. The van der Waals surface area contributed by atoms with Gasteiger partial charge < -0.3 is 24.0 Å². The molecule has 1 fully saturated rings. The number of ether oxygens (including phenoxy) is 3. The van der Waals surface area contributed by atoms with Gasteiger partial charge in [0, 0.05) is 32.2 Å². The van der Waals surface area contributed by atoms with E-state index in [0.29, 0.717) is 19.5 Å². The van der Waals surface area contributed by atoms with Crippen molar-refractivity contribution in [2.45, 2.75) is 6.42 Å². The maximum atomic E-state index is 12.6. The Morgan fingerprint density at radius 2 is 1.48 bits per heavy atom. The van der Waals surface area contributed by atoms with Gasteiger partial charge in [-0.2, -0.15) is 0 Å². The van der Waals surface area contributed by atoms with Gasteiger partial charge in [0.05, 0.1) is 33.4 Å². The molecule has 0 spiro atoms. The summed E-state index contributed by atoms with van der Waals surface area (Å²) in [7, 11) is 4.94. The summed E-state index contributed by atoms with van der Waals surface area (Å²) < 4.78 is 15.9. The molecule has 0 N–H and O–H groups in total. The SMILES string of the molecule is COc1ccc(CC(=O)N2CCN(c3ccc(OC)cc3OC)CC2)cc1. The van der Waals surface area contributed by atoms with Crippen molar-refractivity contribution < 1.29 is 19.0 Å². The number of amides is 1. The summed E-state index contributed by atoms with van der Waals surface area (Å²) in [4.78, 5) is 16.8. The largest absolute Gasteiger partial charge is 0.497 e. The lowest BCUT2D eigenvalue weighted by molar-refractivity contribution is -0.130. The predicted molar refractivity (Wildman–Crippen MR) is 105 cm³/mol. The summed E-state index contributed by atoms with van der Waals surface area (Å²) in [6.07, 6.45) is 0.413. The highest BCUT2D eigenvalue weighted by Crippen LogP contribution is 2.32. The first-order valence-corrected chi connectivity index (χ1v) is 9.02. The van der Waals surface area contributed by atoms with E-state index in [2.05, 4.69) is 4.90 Å². The molecule has 1 aliphatic rings. The van der Waals surface area contributed by atoms with Crippen molar-refractivity contribution in [2.24, 2.45) is 0 Å². The molecule has 1 amide bonds. The summed E-state index contributed by atoms with van der Waals surface area (Å²) in [6, 6.07) is 13.5. The van der Waals surface area contributed by atoms with Crippen molar-refractivity contribution in [3.8, 4) is 17.2 Å². The van der Waals surface area contributed by atoms with Gasteiger partial charge >= 0.3 is 0 Å². The van der Waals surface area contributed by atoms with E-state index in [1.54, 1.807) is 21.3 Å². The minimum absolute atomic E-state index is 0.154. The van der Waals surface area contributed by atoms with Gasteiger partial charge in [-0.1, -0.05) is 12.1 Å². The fourth-order valence-corrected chi connectivity index (χ4v) is 3.27. The Labute approximate surface area is 160 Å². The van der Waals surface area contributed by atoms with Crippen LogP contribution in [0.4, 0.5) is 5.69 Å². The maximum absolute atomic E-state index is 12.6. The molecule has 2 aromatic rings. The van der Waals surface area contributed by atoms with E-state index in [1.807, 2.05) is 47.4 Å². The van der Waals surface area contributed by atoms with Crippen LogP contribution in [-0.4, -0.2) is 58.3 Å². The number of carbonyl (C=O) groups excluding carboxylic acids is 1. The zero-order chi connectivity index (χ0) is 19.2. The molecule has 1 heterocycles. The lowest BCUT2D eigenvalue weighted by Crippen LogP contribution is -2.49. The van der Waals surface area contributed by atoms with Gasteiger partial charge in [0.2, 0.25) is 5.91 Å². The van der Waals surface area contributed by atoms with Gasteiger partial charge in [0.25, 0.3) is 0 Å². The Bertz CT molecular complexity index is 768. The standard InChI is InChI=1S/C21H26N2O4/c1-25-17-6-4-16(5-7-17)14-21(24)23-12-10-22(11-13-23)19-9-8-18(26-2)15-20(19)27-3/h4-9,15H,10-14H2,1-3H3. The van der Waals surface area contributed by atoms with Crippen LogP contribution in [0.3, 0.4) is 0 Å². The summed E-state index contributed by atoms with van der Waals surface area (Å²) in [6.45, 7) is 2.95. The van der Waals surface area contributed by atoms with E-state index in [9.17, 15) is 4.79 Å². The van der Waals surface area contributed by atoms with Crippen LogP contribution < -0.4 is 19.1 Å². The van der Waals surface area contributed by atoms with Gasteiger partial charge in [0.1, 0.15) is 17.2 Å². The van der Waals surface area contributed by atoms with Crippen molar-refractivity contribution in [1.82, 2.24) is 4.90 Å². The average molecular weight is 370 g/mol. The molecule has 144 valence electrons. The highest BCUT2D eigenvalue weighted by atomic mass is 16.5. The third kappa shape index (κ3) is 4.45. The Morgan fingerprint density at radius 1 is 0.852 bits per heavy atom. The van der Waals surface area contributed by atoms with Crippen LogP contribution in [0.5, 0.6) is 17.2 Å². The lowest BCUT2D eigenvalue weighted by Gasteiger charge is -2.36. The normalized spacial score (nSPS) is 14.0. The van der Waals surface area contributed by atoms with Crippen molar-refractivity contribution >= 4 is 11.6 Å². The van der Waals surface area contributed by atoms with Crippen molar-refractivity contribution in [3.05, 3.63) is 48.0 Å². The summed E-state index contributed by atoms with van der Waals surface area (Å²) in [5.41, 5.74) is 2.03. The van der Waals surface area contributed by atoms with E-state index in [0.717, 1.165) is 41.6 Å². The average Bonchev–Trinajstić information content (AvgIpc) is 2.73. The molecular formula is C21H26N2O4. The maximum Gasteiger partial charge on any atom is 0.227 e.